The molecule has 0 aliphatic carbocycles. The van der Waals surface area contributed by atoms with Crippen molar-refractivity contribution in [1.29, 1.82) is 0 Å². The second-order valence-corrected chi connectivity index (χ2v) is 7.63. The number of guanidine groups is 1. The minimum atomic E-state index is 0. The van der Waals surface area contributed by atoms with Gasteiger partial charge in [-0.3, -0.25) is 0 Å². The van der Waals surface area contributed by atoms with Crippen LogP contribution in [0.25, 0.3) is 0 Å². The topological polar surface area (TPSA) is 52.5 Å². The molecule has 7 heteroatoms. The predicted molar refractivity (Wildman–Crippen MR) is 119 cm³/mol. The van der Waals surface area contributed by atoms with Gasteiger partial charge in [-0.15, -0.1) is 35.3 Å². The summed E-state index contributed by atoms with van der Waals surface area (Å²) in [5.74, 6) is 1.68. The highest BCUT2D eigenvalue weighted by Gasteiger charge is 2.18. The fraction of sp³-hybridized carbons (Fsp3) is 0.778. The number of nitrogens with zero attached hydrogens (tertiary/aromatic N) is 3. The summed E-state index contributed by atoms with van der Waals surface area (Å²) in [6, 6.07) is 0. The van der Waals surface area contributed by atoms with E-state index in [1.807, 2.05) is 6.20 Å². The Morgan fingerprint density at radius 3 is 2.64 bits per heavy atom. The van der Waals surface area contributed by atoms with E-state index < -0.39 is 0 Å². The van der Waals surface area contributed by atoms with Crippen molar-refractivity contribution in [1.82, 2.24) is 20.5 Å². The molecular weight excluding hydrogens is 445 g/mol. The van der Waals surface area contributed by atoms with E-state index in [-0.39, 0.29) is 24.0 Å². The number of halogens is 1. The Balaban J connectivity index is 0.00000312. The van der Waals surface area contributed by atoms with Crippen LogP contribution in [0.1, 0.15) is 49.9 Å². The number of piperidine rings is 1. The third-order valence-corrected chi connectivity index (χ3v) is 5.60. The first-order valence-corrected chi connectivity index (χ1v) is 10.2. The van der Waals surface area contributed by atoms with E-state index in [0.717, 1.165) is 36.4 Å². The smallest absolute Gasteiger partial charge is 0.191 e. The van der Waals surface area contributed by atoms with Crippen molar-refractivity contribution in [3.8, 4) is 0 Å². The number of aromatic nitrogens is 1. The summed E-state index contributed by atoms with van der Waals surface area (Å²) in [6.07, 6.45) is 6.87. The highest BCUT2D eigenvalue weighted by molar-refractivity contribution is 14.0. The minimum absolute atomic E-state index is 0. The van der Waals surface area contributed by atoms with Gasteiger partial charge in [-0.25, -0.2) is 9.98 Å². The summed E-state index contributed by atoms with van der Waals surface area (Å²) in [5.41, 5.74) is 0. The normalized spacial score (nSPS) is 16.5. The SMILES string of the molecule is CCCN1CCC(CNC(=NCc2ncc(CC)s2)NCC)CC1.I. The molecule has 144 valence electrons. The standard InChI is InChI=1S/C18H33N5S.HI/c1-4-9-23-10-7-15(8-11-23)12-21-18(19-6-3)22-14-17-20-13-16(5-2)24-17;/h13,15H,4-12,14H2,1-3H3,(H2,19,21,22);1H. The van der Waals surface area contributed by atoms with Crippen LogP contribution in [0, 0.1) is 5.92 Å². The van der Waals surface area contributed by atoms with E-state index in [4.69, 9.17) is 4.99 Å². The van der Waals surface area contributed by atoms with Crippen molar-refractivity contribution in [2.24, 2.45) is 10.9 Å². The molecule has 1 aliphatic rings. The van der Waals surface area contributed by atoms with Gasteiger partial charge in [0.25, 0.3) is 0 Å². The van der Waals surface area contributed by atoms with Crippen LogP contribution in [0.3, 0.4) is 0 Å². The fourth-order valence-electron chi connectivity index (χ4n) is 3.04. The quantitative estimate of drug-likeness (QED) is 0.341. The van der Waals surface area contributed by atoms with Gasteiger partial charge in [0.15, 0.2) is 5.96 Å². The van der Waals surface area contributed by atoms with E-state index in [0.29, 0.717) is 6.54 Å². The molecule has 2 N–H and O–H groups in total. The molecule has 0 radical (unpaired) electrons. The molecule has 1 aromatic rings. The Morgan fingerprint density at radius 2 is 2.04 bits per heavy atom. The molecule has 2 rings (SSSR count). The zero-order valence-electron chi connectivity index (χ0n) is 15.9. The third-order valence-electron chi connectivity index (χ3n) is 4.47. The van der Waals surface area contributed by atoms with Gasteiger partial charge in [-0.1, -0.05) is 13.8 Å². The average Bonchev–Trinajstić information content (AvgIpc) is 3.07. The van der Waals surface area contributed by atoms with E-state index >= 15 is 0 Å². The second-order valence-electron chi connectivity index (χ2n) is 6.43. The highest BCUT2D eigenvalue weighted by atomic mass is 127. The van der Waals surface area contributed by atoms with E-state index in [2.05, 4.69) is 41.3 Å². The molecule has 0 saturated carbocycles. The molecule has 0 atom stereocenters. The lowest BCUT2D eigenvalue weighted by atomic mass is 9.97. The molecule has 0 amide bonds. The summed E-state index contributed by atoms with van der Waals surface area (Å²) < 4.78 is 0. The Bertz CT molecular complexity index is 497. The Kier molecular flexibility index (Phi) is 11.6. The highest BCUT2D eigenvalue weighted by Crippen LogP contribution is 2.16. The van der Waals surface area contributed by atoms with Gasteiger partial charge in [-0.2, -0.15) is 0 Å². The summed E-state index contributed by atoms with van der Waals surface area (Å²) in [7, 11) is 0. The first-order chi connectivity index (χ1) is 11.7. The molecule has 1 fully saturated rings. The Labute approximate surface area is 174 Å². The summed E-state index contributed by atoms with van der Waals surface area (Å²) in [4.78, 5) is 13.1. The zero-order valence-corrected chi connectivity index (χ0v) is 19.0. The van der Waals surface area contributed by atoms with Crippen LogP contribution in [-0.4, -0.2) is 48.6 Å². The monoisotopic (exact) mass is 479 g/mol. The molecule has 2 heterocycles. The Hall–Kier alpha value is -0.410. The lowest BCUT2D eigenvalue weighted by molar-refractivity contribution is 0.185. The predicted octanol–water partition coefficient (Wildman–Crippen LogP) is 3.50. The van der Waals surface area contributed by atoms with Gasteiger partial charge in [0.1, 0.15) is 5.01 Å². The van der Waals surface area contributed by atoms with Crippen molar-refractivity contribution in [3.05, 3.63) is 16.1 Å². The van der Waals surface area contributed by atoms with Crippen LogP contribution >= 0.6 is 35.3 Å². The molecule has 0 spiro atoms. The molecule has 1 aromatic heterocycles. The fourth-order valence-corrected chi connectivity index (χ4v) is 3.83. The van der Waals surface area contributed by atoms with Gasteiger partial charge in [0, 0.05) is 24.2 Å². The van der Waals surface area contributed by atoms with Gasteiger partial charge in [0.2, 0.25) is 0 Å². The maximum absolute atomic E-state index is 4.69. The molecule has 0 unspecified atom stereocenters. The molecule has 0 bridgehead atoms. The van der Waals surface area contributed by atoms with Crippen molar-refractivity contribution in [2.45, 2.75) is 53.0 Å². The van der Waals surface area contributed by atoms with E-state index in [1.165, 1.54) is 43.8 Å². The number of likely N-dealkylation sites (tertiary alicyclic amines) is 1. The van der Waals surface area contributed by atoms with Crippen LogP contribution in [-0.2, 0) is 13.0 Å². The second kappa shape index (κ2) is 12.9. The van der Waals surface area contributed by atoms with Crippen LogP contribution in [0.5, 0.6) is 0 Å². The third kappa shape index (κ3) is 8.21. The van der Waals surface area contributed by atoms with E-state index in [9.17, 15) is 0 Å². The number of aryl methyl sites for hydroxylation is 1. The summed E-state index contributed by atoms with van der Waals surface area (Å²) >= 11 is 1.76. The molecular formula is C18H34IN5S. The van der Waals surface area contributed by atoms with Crippen molar-refractivity contribution in [3.63, 3.8) is 0 Å². The van der Waals surface area contributed by atoms with Crippen molar-refractivity contribution in [2.75, 3.05) is 32.7 Å². The molecule has 1 aliphatic heterocycles. The largest absolute Gasteiger partial charge is 0.357 e. The van der Waals surface area contributed by atoms with Crippen LogP contribution in [0.2, 0.25) is 0 Å². The van der Waals surface area contributed by atoms with Gasteiger partial charge >= 0.3 is 0 Å². The number of rotatable bonds is 8. The minimum Gasteiger partial charge on any atom is -0.357 e. The van der Waals surface area contributed by atoms with Gasteiger partial charge < -0.3 is 15.5 Å². The first kappa shape index (κ1) is 22.6. The van der Waals surface area contributed by atoms with Gasteiger partial charge in [0.05, 0.1) is 6.54 Å². The van der Waals surface area contributed by atoms with Crippen molar-refractivity contribution >= 4 is 41.3 Å². The van der Waals surface area contributed by atoms with Gasteiger partial charge in [-0.05, 0) is 58.2 Å². The lowest BCUT2D eigenvalue weighted by Gasteiger charge is -2.32. The average molecular weight is 479 g/mol. The number of hydrogen-bond acceptors (Lipinski definition) is 4. The number of hydrogen-bond donors (Lipinski definition) is 2. The van der Waals surface area contributed by atoms with Crippen molar-refractivity contribution < 1.29 is 0 Å². The number of nitrogens with one attached hydrogen (secondary N) is 2. The number of thiazole rings is 1. The molecule has 25 heavy (non-hydrogen) atoms. The molecule has 0 aromatic carbocycles. The summed E-state index contributed by atoms with van der Waals surface area (Å²) in [5, 5.41) is 7.97. The summed E-state index contributed by atoms with van der Waals surface area (Å²) in [6.45, 7) is 12.8. The maximum Gasteiger partial charge on any atom is 0.191 e. The lowest BCUT2D eigenvalue weighted by Crippen LogP contribution is -2.43. The van der Waals surface area contributed by atoms with Crippen LogP contribution in [0.15, 0.2) is 11.2 Å². The molecule has 5 nitrogen and oxygen atoms in total. The molecule has 1 saturated heterocycles. The van der Waals surface area contributed by atoms with E-state index in [1.54, 1.807) is 11.3 Å². The Morgan fingerprint density at radius 1 is 1.28 bits per heavy atom. The van der Waals surface area contributed by atoms with Crippen LogP contribution < -0.4 is 10.6 Å². The first-order valence-electron chi connectivity index (χ1n) is 9.43. The van der Waals surface area contributed by atoms with Crippen LogP contribution in [0.4, 0.5) is 0 Å². The number of aliphatic imine (C=N–C) groups is 1. The zero-order chi connectivity index (χ0) is 17.2. The maximum atomic E-state index is 4.69.